The van der Waals surface area contributed by atoms with Gasteiger partial charge in [-0.3, -0.25) is 9.59 Å². The molecule has 0 saturated carbocycles. The van der Waals surface area contributed by atoms with Crippen molar-refractivity contribution in [3.8, 4) is 0 Å². The van der Waals surface area contributed by atoms with Crippen molar-refractivity contribution in [3.63, 3.8) is 0 Å². The Balaban J connectivity index is 1.75. The molecule has 2 aliphatic rings. The number of furan rings is 1. The number of nitrogens with zero attached hydrogens (tertiary/aromatic N) is 2. The summed E-state index contributed by atoms with van der Waals surface area (Å²) in [6.45, 7) is 3.62. The Labute approximate surface area is 130 Å². The molecular weight excluding hydrogens is 284 g/mol. The van der Waals surface area contributed by atoms with Crippen molar-refractivity contribution in [1.82, 2.24) is 9.80 Å². The fraction of sp³-hybridized carbons (Fsp3) is 0.625. The lowest BCUT2D eigenvalue weighted by atomic mass is 9.96. The minimum absolute atomic E-state index is 0.0679. The molecule has 3 heterocycles. The third-order valence-corrected chi connectivity index (χ3v) is 4.63. The molecule has 22 heavy (non-hydrogen) atoms. The van der Waals surface area contributed by atoms with Gasteiger partial charge < -0.3 is 19.0 Å². The van der Waals surface area contributed by atoms with E-state index in [4.69, 9.17) is 9.15 Å². The molecule has 2 fully saturated rings. The maximum atomic E-state index is 12.6. The number of carbonyl (C=O) groups excluding carboxylic acids is 2. The molecule has 0 aliphatic carbocycles. The van der Waals surface area contributed by atoms with Gasteiger partial charge in [0.1, 0.15) is 5.76 Å². The molecule has 2 atom stereocenters. The highest BCUT2D eigenvalue weighted by Gasteiger charge is 2.45. The molecular formula is C16H22N2O4. The van der Waals surface area contributed by atoms with E-state index in [1.54, 1.807) is 19.2 Å². The van der Waals surface area contributed by atoms with Gasteiger partial charge in [-0.2, -0.15) is 0 Å². The van der Waals surface area contributed by atoms with Gasteiger partial charge in [0.2, 0.25) is 5.91 Å². The number of fused-ring (bicyclic) bond motifs is 1. The van der Waals surface area contributed by atoms with Crippen LogP contribution in [0.25, 0.3) is 0 Å². The van der Waals surface area contributed by atoms with Crippen LogP contribution in [0.15, 0.2) is 16.5 Å². The zero-order valence-electron chi connectivity index (χ0n) is 13.1. The van der Waals surface area contributed by atoms with Crippen LogP contribution in [0.2, 0.25) is 0 Å². The number of piperidine rings is 1. The SMILES string of the molecule is COCCN1C(=O)CC[C@@H]2[C@@H]1CCN2C(=O)c1ccc(C)o1. The van der Waals surface area contributed by atoms with Crippen molar-refractivity contribution < 1.29 is 18.7 Å². The number of aryl methyl sites for hydroxylation is 1. The lowest BCUT2D eigenvalue weighted by molar-refractivity contribution is -0.138. The van der Waals surface area contributed by atoms with Gasteiger partial charge in [0.25, 0.3) is 5.91 Å². The summed E-state index contributed by atoms with van der Waals surface area (Å²) in [5.41, 5.74) is 0. The molecule has 1 aromatic heterocycles. The van der Waals surface area contributed by atoms with E-state index in [1.165, 1.54) is 0 Å². The van der Waals surface area contributed by atoms with E-state index in [0.29, 0.717) is 31.9 Å². The number of rotatable bonds is 4. The van der Waals surface area contributed by atoms with Crippen LogP contribution in [-0.4, -0.2) is 60.5 Å². The van der Waals surface area contributed by atoms with Crippen molar-refractivity contribution in [2.45, 2.75) is 38.3 Å². The van der Waals surface area contributed by atoms with E-state index >= 15 is 0 Å². The molecule has 0 radical (unpaired) electrons. The monoisotopic (exact) mass is 306 g/mol. The smallest absolute Gasteiger partial charge is 0.289 e. The Hall–Kier alpha value is -1.82. The molecule has 2 saturated heterocycles. The Morgan fingerprint density at radius 3 is 2.86 bits per heavy atom. The average molecular weight is 306 g/mol. The van der Waals surface area contributed by atoms with E-state index in [-0.39, 0.29) is 23.9 Å². The summed E-state index contributed by atoms with van der Waals surface area (Å²) in [7, 11) is 1.63. The van der Waals surface area contributed by atoms with Gasteiger partial charge in [0, 0.05) is 26.6 Å². The number of hydrogen-bond acceptors (Lipinski definition) is 4. The van der Waals surface area contributed by atoms with Crippen LogP contribution < -0.4 is 0 Å². The van der Waals surface area contributed by atoms with Gasteiger partial charge in [0.05, 0.1) is 18.7 Å². The molecule has 1 aromatic rings. The van der Waals surface area contributed by atoms with Crippen molar-refractivity contribution in [1.29, 1.82) is 0 Å². The quantitative estimate of drug-likeness (QED) is 0.844. The zero-order valence-corrected chi connectivity index (χ0v) is 13.1. The average Bonchev–Trinajstić information content (AvgIpc) is 3.12. The summed E-state index contributed by atoms with van der Waals surface area (Å²) >= 11 is 0. The summed E-state index contributed by atoms with van der Waals surface area (Å²) in [6.07, 6.45) is 2.05. The van der Waals surface area contributed by atoms with Crippen molar-refractivity contribution in [3.05, 3.63) is 23.7 Å². The molecule has 0 bridgehead atoms. The molecule has 2 amide bonds. The largest absolute Gasteiger partial charge is 0.456 e. The van der Waals surface area contributed by atoms with Gasteiger partial charge in [-0.05, 0) is 31.9 Å². The van der Waals surface area contributed by atoms with Crippen LogP contribution in [0.1, 0.15) is 35.6 Å². The highest BCUT2D eigenvalue weighted by molar-refractivity contribution is 5.92. The fourth-order valence-electron chi connectivity index (χ4n) is 3.57. The molecule has 2 aliphatic heterocycles. The van der Waals surface area contributed by atoms with Crippen molar-refractivity contribution in [2.75, 3.05) is 26.8 Å². The Morgan fingerprint density at radius 2 is 2.18 bits per heavy atom. The third-order valence-electron chi connectivity index (χ3n) is 4.63. The molecule has 0 unspecified atom stereocenters. The van der Waals surface area contributed by atoms with E-state index in [1.807, 2.05) is 16.7 Å². The highest BCUT2D eigenvalue weighted by Crippen LogP contribution is 2.32. The van der Waals surface area contributed by atoms with Crippen molar-refractivity contribution in [2.24, 2.45) is 0 Å². The van der Waals surface area contributed by atoms with Crippen LogP contribution in [0.4, 0.5) is 0 Å². The number of ether oxygens (including phenoxy) is 1. The van der Waals surface area contributed by atoms with Gasteiger partial charge in [-0.15, -0.1) is 0 Å². The normalized spacial score (nSPS) is 24.7. The molecule has 0 N–H and O–H groups in total. The number of carbonyl (C=O) groups is 2. The maximum Gasteiger partial charge on any atom is 0.289 e. The van der Waals surface area contributed by atoms with Gasteiger partial charge in [-0.1, -0.05) is 0 Å². The minimum Gasteiger partial charge on any atom is -0.456 e. The molecule has 3 rings (SSSR count). The molecule has 6 nitrogen and oxygen atoms in total. The summed E-state index contributed by atoms with van der Waals surface area (Å²) in [5.74, 6) is 1.22. The van der Waals surface area contributed by atoms with Crippen LogP contribution in [0, 0.1) is 6.92 Å². The first kappa shape index (κ1) is 15.1. The first-order valence-corrected chi connectivity index (χ1v) is 7.77. The van der Waals surface area contributed by atoms with Gasteiger partial charge >= 0.3 is 0 Å². The van der Waals surface area contributed by atoms with Crippen LogP contribution in [0.3, 0.4) is 0 Å². The Bertz CT molecular complexity index is 568. The number of methoxy groups -OCH3 is 1. The zero-order chi connectivity index (χ0) is 15.7. The lowest BCUT2D eigenvalue weighted by Crippen LogP contribution is -2.54. The first-order valence-electron chi connectivity index (χ1n) is 7.77. The number of likely N-dealkylation sites (tertiary alicyclic amines) is 2. The number of hydrogen-bond donors (Lipinski definition) is 0. The first-order chi connectivity index (χ1) is 10.6. The second-order valence-corrected chi connectivity index (χ2v) is 5.95. The fourth-order valence-corrected chi connectivity index (χ4v) is 3.57. The predicted molar refractivity (Wildman–Crippen MR) is 79.5 cm³/mol. The second-order valence-electron chi connectivity index (χ2n) is 5.95. The maximum absolute atomic E-state index is 12.6. The van der Waals surface area contributed by atoms with Crippen LogP contribution in [-0.2, 0) is 9.53 Å². The summed E-state index contributed by atoms with van der Waals surface area (Å²) < 4.78 is 10.6. The van der Waals surface area contributed by atoms with Gasteiger partial charge in [-0.25, -0.2) is 0 Å². The summed E-state index contributed by atoms with van der Waals surface area (Å²) in [6, 6.07) is 3.72. The van der Waals surface area contributed by atoms with Crippen LogP contribution in [0.5, 0.6) is 0 Å². The molecule has 0 aromatic carbocycles. The van der Waals surface area contributed by atoms with Crippen LogP contribution >= 0.6 is 0 Å². The van der Waals surface area contributed by atoms with E-state index in [2.05, 4.69) is 0 Å². The van der Waals surface area contributed by atoms with E-state index in [0.717, 1.165) is 18.6 Å². The minimum atomic E-state index is -0.0679. The highest BCUT2D eigenvalue weighted by atomic mass is 16.5. The summed E-state index contributed by atoms with van der Waals surface area (Å²) in [5, 5.41) is 0. The van der Waals surface area contributed by atoms with E-state index < -0.39 is 0 Å². The third kappa shape index (κ3) is 2.63. The standard InChI is InChI=1S/C16H22N2O4/c1-11-3-5-14(22-11)16(20)18-8-7-13-12(18)4-6-15(19)17(13)9-10-21-2/h3,5,12-13H,4,6-10H2,1-2H3/t12-,13+/m1/s1. The molecule has 6 heteroatoms. The lowest BCUT2D eigenvalue weighted by Gasteiger charge is -2.39. The molecule has 120 valence electrons. The molecule has 0 spiro atoms. The van der Waals surface area contributed by atoms with Crippen molar-refractivity contribution >= 4 is 11.8 Å². The number of amides is 2. The van der Waals surface area contributed by atoms with E-state index in [9.17, 15) is 9.59 Å². The Kier molecular flexibility index (Phi) is 4.20. The topological polar surface area (TPSA) is 63.0 Å². The van der Waals surface area contributed by atoms with Gasteiger partial charge in [0.15, 0.2) is 5.76 Å². The predicted octanol–water partition coefficient (Wildman–Crippen LogP) is 1.44. The Morgan fingerprint density at radius 1 is 1.36 bits per heavy atom. The second kappa shape index (κ2) is 6.12. The summed E-state index contributed by atoms with van der Waals surface area (Å²) in [4.78, 5) is 28.5.